The van der Waals surface area contributed by atoms with Crippen molar-refractivity contribution >= 4 is 23.4 Å². The normalized spacial score (nSPS) is 12.0. The van der Waals surface area contributed by atoms with Gasteiger partial charge in [0.2, 0.25) is 5.91 Å². The highest BCUT2D eigenvalue weighted by Gasteiger charge is 2.17. The van der Waals surface area contributed by atoms with Crippen molar-refractivity contribution in [3.8, 4) is 0 Å². The summed E-state index contributed by atoms with van der Waals surface area (Å²) in [6, 6.07) is 9.16. The Bertz CT molecular complexity index is 758. The molecule has 0 aliphatic carbocycles. The first kappa shape index (κ1) is 18.3. The number of hydrogen-bond acceptors (Lipinski definition) is 4. The van der Waals surface area contributed by atoms with Crippen LogP contribution >= 0.6 is 11.8 Å². The van der Waals surface area contributed by atoms with Gasteiger partial charge in [0, 0.05) is 17.4 Å². The van der Waals surface area contributed by atoms with E-state index in [1.165, 1.54) is 17.8 Å². The molecular formula is C18H23N3O2S. The van der Waals surface area contributed by atoms with Crippen LogP contribution in [0.3, 0.4) is 0 Å². The molecule has 1 aromatic carbocycles. The second-order valence-corrected chi connectivity index (χ2v) is 7.04. The number of nitrogens with zero attached hydrogens (tertiary/aromatic N) is 1. The Morgan fingerprint density at radius 2 is 2.12 bits per heavy atom. The van der Waals surface area contributed by atoms with Gasteiger partial charge in [0.05, 0.1) is 5.25 Å². The smallest absolute Gasteiger partial charge is 0.251 e. The van der Waals surface area contributed by atoms with Gasteiger partial charge in [-0.15, -0.1) is 0 Å². The van der Waals surface area contributed by atoms with Crippen LogP contribution in [0.5, 0.6) is 0 Å². The summed E-state index contributed by atoms with van der Waals surface area (Å²) in [6.45, 7) is 5.85. The Morgan fingerprint density at radius 1 is 1.38 bits per heavy atom. The van der Waals surface area contributed by atoms with Crippen LogP contribution in [0.2, 0.25) is 0 Å². The molecule has 128 valence electrons. The molecule has 1 atom stereocenters. The van der Waals surface area contributed by atoms with Gasteiger partial charge >= 0.3 is 0 Å². The van der Waals surface area contributed by atoms with Crippen molar-refractivity contribution in [2.24, 2.45) is 0 Å². The molecule has 2 aromatic rings. The Labute approximate surface area is 146 Å². The lowest BCUT2D eigenvalue weighted by molar-refractivity contribution is -0.115. The minimum atomic E-state index is -0.366. The molecule has 5 nitrogen and oxygen atoms in total. The van der Waals surface area contributed by atoms with E-state index in [1.54, 1.807) is 6.92 Å². The van der Waals surface area contributed by atoms with Gasteiger partial charge in [-0.25, -0.2) is 4.98 Å². The molecule has 2 N–H and O–H groups in total. The molecule has 1 heterocycles. The number of aryl methyl sites for hydroxylation is 2. The van der Waals surface area contributed by atoms with Gasteiger partial charge in [-0.05, 0) is 38.3 Å². The number of carbonyl (C=O) groups is 1. The molecule has 0 spiro atoms. The zero-order chi connectivity index (χ0) is 17.5. The minimum Gasteiger partial charge on any atom is -0.325 e. The molecule has 1 amide bonds. The first-order valence-electron chi connectivity index (χ1n) is 8.13. The first-order valence-corrected chi connectivity index (χ1v) is 9.01. The van der Waals surface area contributed by atoms with Crippen molar-refractivity contribution in [2.75, 3.05) is 5.32 Å². The zero-order valence-electron chi connectivity index (χ0n) is 14.3. The molecule has 2 rings (SSSR count). The number of thioether (sulfide) groups is 1. The maximum absolute atomic E-state index is 12.4. The average molecular weight is 345 g/mol. The number of rotatable bonds is 7. The number of para-hydroxylation sites is 1. The van der Waals surface area contributed by atoms with Gasteiger partial charge < -0.3 is 10.3 Å². The first-order chi connectivity index (χ1) is 11.5. The standard InChI is InChI=1S/C18H23N3O2S/c1-4-5-9-14-11-16(22)21-18(19-14)24-13(3)17(23)20-15-10-7-6-8-12(15)2/h6-8,10-11,13H,4-5,9H2,1-3H3,(H,20,23)(H,19,21,22). The lowest BCUT2D eigenvalue weighted by atomic mass is 10.2. The molecular weight excluding hydrogens is 322 g/mol. The summed E-state index contributed by atoms with van der Waals surface area (Å²) in [6.07, 6.45) is 2.81. The fraction of sp³-hybridized carbons (Fsp3) is 0.389. The Hall–Kier alpha value is -2.08. The van der Waals surface area contributed by atoms with Crippen molar-refractivity contribution in [3.05, 3.63) is 51.9 Å². The van der Waals surface area contributed by atoms with E-state index < -0.39 is 0 Å². The van der Waals surface area contributed by atoms with Gasteiger partial charge in [-0.3, -0.25) is 9.59 Å². The predicted octanol–water partition coefficient (Wildman–Crippen LogP) is 3.54. The number of aromatic amines is 1. The Morgan fingerprint density at radius 3 is 2.83 bits per heavy atom. The largest absolute Gasteiger partial charge is 0.325 e. The molecule has 0 radical (unpaired) electrons. The SMILES string of the molecule is CCCCc1cc(=O)[nH]c(SC(C)C(=O)Nc2ccccc2C)n1. The van der Waals surface area contributed by atoms with Crippen molar-refractivity contribution in [1.82, 2.24) is 9.97 Å². The maximum atomic E-state index is 12.4. The predicted molar refractivity (Wildman–Crippen MR) is 98.6 cm³/mol. The number of aromatic nitrogens is 2. The van der Waals surface area contributed by atoms with Crippen molar-refractivity contribution < 1.29 is 4.79 Å². The van der Waals surface area contributed by atoms with E-state index in [0.717, 1.165) is 36.2 Å². The third-order valence-electron chi connectivity index (χ3n) is 3.62. The van der Waals surface area contributed by atoms with Crippen LogP contribution in [0.1, 0.15) is 37.9 Å². The van der Waals surface area contributed by atoms with Crippen LogP contribution in [0.4, 0.5) is 5.69 Å². The van der Waals surface area contributed by atoms with E-state index in [-0.39, 0.29) is 16.7 Å². The van der Waals surface area contributed by atoms with Crippen LogP contribution < -0.4 is 10.9 Å². The number of nitrogens with one attached hydrogen (secondary N) is 2. The number of H-pyrrole nitrogens is 1. The molecule has 0 aliphatic rings. The lowest BCUT2D eigenvalue weighted by Crippen LogP contribution is -2.23. The molecule has 24 heavy (non-hydrogen) atoms. The van der Waals surface area contributed by atoms with Gasteiger partial charge in [0.15, 0.2) is 5.16 Å². The highest BCUT2D eigenvalue weighted by atomic mass is 32.2. The molecule has 1 unspecified atom stereocenters. The van der Waals surface area contributed by atoms with Crippen LogP contribution in [-0.2, 0) is 11.2 Å². The lowest BCUT2D eigenvalue weighted by Gasteiger charge is -2.13. The monoisotopic (exact) mass is 345 g/mol. The van der Waals surface area contributed by atoms with E-state index in [9.17, 15) is 9.59 Å². The number of anilines is 1. The van der Waals surface area contributed by atoms with E-state index in [1.807, 2.05) is 31.2 Å². The van der Waals surface area contributed by atoms with Gasteiger partial charge in [-0.2, -0.15) is 0 Å². The van der Waals surface area contributed by atoms with E-state index >= 15 is 0 Å². The number of benzene rings is 1. The summed E-state index contributed by atoms with van der Waals surface area (Å²) in [5.74, 6) is -0.115. The number of carbonyl (C=O) groups excluding carboxylic acids is 1. The van der Waals surface area contributed by atoms with E-state index in [2.05, 4.69) is 22.2 Å². The summed E-state index contributed by atoms with van der Waals surface area (Å²) in [5.41, 5.74) is 2.41. The zero-order valence-corrected chi connectivity index (χ0v) is 15.1. The van der Waals surface area contributed by atoms with Gasteiger partial charge in [0.1, 0.15) is 0 Å². The number of amides is 1. The fourth-order valence-corrected chi connectivity index (χ4v) is 3.02. The van der Waals surface area contributed by atoms with E-state index in [4.69, 9.17) is 0 Å². The second-order valence-electron chi connectivity index (χ2n) is 5.71. The number of hydrogen-bond donors (Lipinski definition) is 2. The minimum absolute atomic E-state index is 0.115. The third-order valence-corrected chi connectivity index (χ3v) is 4.60. The highest BCUT2D eigenvalue weighted by molar-refractivity contribution is 8.00. The molecule has 0 fully saturated rings. The fourth-order valence-electron chi connectivity index (χ4n) is 2.19. The molecule has 0 aliphatic heterocycles. The summed E-state index contributed by atoms with van der Waals surface area (Å²) < 4.78 is 0. The van der Waals surface area contributed by atoms with Gasteiger partial charge in [0.25, 0.3) is 5.56 Å². The van der Waals surface area contributed by atoms with Crippen LogP contribution in [0, 0.1) is 6.92 Å². The highest BCUT2D eigenvalue weighted by Crippen LogP contribution is 2.21. The molecule has 0 bridgehead atoms. The van der Waals surface area contributed by atoms with Crippen molar-refractivity contribution in [1.29, 1.82) is 0 Å². The van der Waals surface area contributed by atoms with E-state index in [0.29, 0.717) is 5.16 Å². The second kappa shape index (κ2) is 8.68. The average Bonchev–Trinajstić information content (AvgIpc) is 2.54. The number of unbranched alkanes of at least 4 members (excludes halogenated alkanes) is 1. The summed E-state index contributed by atoms with van der Waals surface area (Å²) >= 11 is 1.26. The van der Waals surface area contributed by atoms with Gasteiger partial charge in [-0.1, -0.05) is 43.3 Å². The summed E-state index contributed by atoms with van der Waals surface area (Å²) in [5, 5.41) is 3.03. The topological polar surface area (TPSA) is 74.8 Å². The van der Waals surface area contributed by atoms with Crippen molar-refractivity contribution in [3.63, 3.8) is 0 Å². The molecule has 6 heteroatoms. The van der Waals surface area contributed by atoms with Crippen molar-refractivity contribution in [2.45, 2.75) is 50.4 Å². The third kappa shape index (κ3) is 5.23. The maximum Gasteiger partial charge on any atom is 0.251 e. The quantitative estimate of drug-likeness (QED) is 0.594. The van der Waals surface area contributed by atoms with Crippen LogP contribution in [-0.4, -0.2) is 21.1 Å². The Balaban J connectivity index is 2.04. The van der Waals surface area contributed by atoms with Crippen LogP contribution in [0.25, 0.3) is 0 Å². The molecule has 1 aromatic heterocycles. The Kier molecular flexibility index (Phi) is 6.61. The molecule has 0 saturated carbocycles. The summed E-state index contributed by atoms with van der Waals surface area (Å²) in [4.78, 5) is 31.3. The van der Waals surface area contributed by atoms with Crippen LogP contribution in [0.15, 0.2) is 40.3 Å². The summed E-state index contributed by atoms with van der Waals surface area (Å²) in [7, 11) is 0. The molecule has 0 saturated heterocycles.